The zero-order chi connectivity index (χ0) is 10.8. The molecule has 1 atom stereocenters. The zero-order valence-electron chi connectivity index (χ0n) is 7.25. The monoisotopic (exact) mass is 237 g/mol. The fraction of sp³-hybridized carbons (Fsp3) is 0.143. The second kappa shape index (κ2) is 3.66. The van der Waals surface area contributed by atoms with E-state index in [1.165, 1.54) is 24.3 Å². The van der Waals surface area contributed by atoms with Crippen molar-refractivity contribution in [2.45, 2.75) is 4.90 Å². The van der Waals surface area contributed by atoms with Crippen molar-refractivity contribution in [3.63, 3.8) is 0 Å². The first-order chi connectivity index (χ1) is 6.31. The maximum atomic E-state index is 13.3. The second-order valence-electron chi connectivity index (χ2n) is 2.58. The van der Waals surface area contributed by atoms with E-state index in [4.69, 9.17) is 0 Å². The van der Waals surface area contributed by atoms with Crippen LogP contribution in [0.4, 0.5) is 3.89 Å². The number of halogens is 1. The standard InChI is InChI=1S/C7H8FNO3S2/c1-13(10,11)9-14(8,12)7-5-3-2-4-6-7/h2-6H,1H3. The van der Waals surface area contributed by atoms with Gasteiger partial charge < -0.3 is 0 Å². The van der Waals surface area contributed by atoms with E-state index in [0.29, 0.717) is 6.26 Å². The fourth-order valence-corrected chi connectivity index (χ4v) is 3.04. The SMILES string of the molecule is CS(=O)(=O)N=S(=O)(F)c1ccccc1. The largest absolute Gasteiger partial charge is 0.260 e. The first kappa shape index (κ1) is 11.1. The molecule has 1 aromatic rings. The molecule has 0 aromatic heterocycles. The topological polar surface area (TPSA) is 63.6 Å². The number of hydrogen-bond acceptors (Lipinski definition) is 3. The lowest BCUT2D eigenvalue weighted by molar-refractivity contribution is 0.602. The van der Waals surface area contributed by atoms with Crippen molar-refractivity contribution in [2.75, 3.05) is 6.26 Å². The van der Waals surface area contributed by atoms with Crippen molar-refractivity contribution < 1.29 is 16.5 Å². The summed E-state index contributed by atoms with van der Waals surface area (Å²) in [4.78, 5) is -0.245. The maximum Gasteiger partial charge on any atom is 0.260 e. The van der Waals surface area contributed by atoms with Gasteiger partial charge in [0.2, 0.25) is 10.1 Å². The summed E-state index contributed by atoms with van der Waals surface area (Å²) in [6.45, 7) is 0. The maximum absolute atomic E-state index is 13.3. The van der Waals surface area contributed by atoms with Crippen LogP contribution in [-0.2, 0) is 20.1 Å². The van der Waals surface area contributed by atoms with Crippen LogP contribution in [0.15, 0.2) is 39.0 Å². The highest BCUT2D eigenvalue weighted by Crippen LogP contribution is 2.15. The second-order valence-corrected chi connectivity index (χ2v) is 6.03. The van der Waals surface area contributed by atoms with Gasteiger partial charge in [0.1, 0.15) is 0 Å². The lowest BCUT2D eigenvalue weighted by Gasteiger charge is -1.97. The molecule has 0 aliphatic carbocycles. The van der Waals surface area contributed by atoms with Crippen LogP contribution in [0.25, 0.3) is 0 Å². The van der Waals surface area contributed by atoms with E-state index >= 15 is 0 Å². The Hall–Kier alpha value is -0.950. The molecule has 78 valence electrons. The van der Waals surface area contributed by atoms with Gasteiger partial charge in [-0.05, 0) is 12.1 Å². The summed E-state index contributed by atoms with van der Waals surface area (Å²) in [6.07, 6.45) is 0.690. The Morgan fingerprint density at radius 1 is 1.14 bits per heavy atom. The lowest BCUT2D eigenvalue weighted by Crippen LogP contribution is -1.98. The van der Waals surface area contributed by atoms with Crippen LogP contribution in [0.3, 0.4) is 0 Å². The first-order valence-electron chi connectivity index (χ1n) is 3.54. The summed E-state index contributed by atoms with van der Waals surface area (Å²) in [5, 5.41) is 0. The van der Waals surface area contributed by atoms with Gasteiger partial charge in [-0.1, -0.05) is 22.0 Å². The Morgan fingerprint density at radius 3 is 2.07 bits per heavy atom. The molecule has 0 N–H and O–H groups in total. The third kappa shape index (κ3) is 3.08. The van der Waals surface area contributed by atoms with Gasteiger partial charge in [-0.3, -0.25) is 0 Å². The number of nitrogens with zero attached hydrogens (tertiary/aromatic N) is 1. The summed E-state index contributed by atoms with van der Waals surface area (Å²) < 4.78 is 48.4. The molecule has 7 heteroatoms. The van der Waals surface area contributed by atoms with Crippen molar-refractivity contribution in [1.29, 1.82) is 0 Å². The quantitative estimate of drug-likeness (QED) is 0.729. The molecule has 14 heavy (non-hydrogen) atoms. The Morgan fingerprint density at radius 2 is 1.64 bits per heavy atom. The minimum absolute atomic E-state index is 0.245. The van der Waals surface area contributed by atoms with E-state index < -0.39 is 20.1 Å². The van der Waals surface area contributed by atoms with Gasteiger partial charge >= 0.3 is 0 Å². The van der Waals surface area contributed by atoms with Crippen LogP contribution >= 0.6 is 0 Å². The average Bonchev–Trinajstić information content (AvgIpc) is 2.01. The molecule has 4 nitrogen and oxygen atoms in total. The molecule has 1 aromatic carbocycles. The summed E-state index contributed by atoms with van der Waals surface area (Å²) >= 11 is 0. The molecule has 0 bridgehead atoms. The Labute approximate surface area is 82.3 Å². The Balaban J connectivity index is 3.37. The van der Waals surface area contributed by atoms with Gasteiger partial charge in [0.05, 0.1) is 11.2 Å². The molecular formula is C7H8FNO3S2. The van der Waals surface area contributed by atoms with Gasteiger partial charge in [0.15, 0.2) is 0 Å². The molecule has 1 unspecified atom stereocenters. The molecule has 0 saturated heterocycles. The molecule has 0 radical (unpaired) electrons. The molecule has 1 rings (SSSR count). The number of rotatable bonds is 2. The minimum Gasteiger partial charge on any atom is -0.210 e. The van der Waals surface area contributed by atoms with Crippen molar-refractivity contribution in [1.82, 2.24) is 0 Å². The van der Waals surface area contributed by atoms with Crippen LogP contribution in [0, 0.1) is 0 Å². The highest BCUT2D eigenvalue weighted by Gasteiger charge is 2.13. The molecule has 0 fully saturated rings. The first-order valence-corrected chi connectivity index (χ1v) is 6.81. The third-order valence-electron chi connectivity index (χ3n) is 1.27. The Kier molecular flexibility index (Phi) is 2.91. The third-order valence-corrected chi connectivity index (χ3v) is 3.97. The van der Waals surface area contributed by atoms with Gasteiger partial charge in [-0.15, -0.1) is 3.89 Å². The molecule has 0 aliphatic rings. The summed E-state index contributed by atoms with van der Waals surface area (Å²) in [6, 6.07) is 6.94. The van der Waals surface area contributed by atoms with Crippen molar-refractivity contribution in [3.8, 4) is 0 Å². The molecular weight excluding hydrogens is 229 g/mol. The molecule has 0 spiro atoms. The van der Waals surface area contributed by atoms with Crippen LogP contribution in [-0.4, -0.2) is 18.9 Å². The van der Waals surface area contributed by atoms with Crippen LogP contribution < -0.4 is 0 Å². The molecule has 0 heterocycles. The minimum atomic E-state index is -4.33. The number of sulfonamides is 1. The van der Waals surface area contributed by atoms with E-state index in [1.54, 1.807) is 6.07 Å². The molecule has 0 saturated carbocycles. The van der Waals surface area contributed by atoms with E-state index in [-0.39, 0.29) is 4.90 Å². The highest BCUT2D eigenvalue weighted by atomic mass is 32.3. The van der Waals surface area contributed by atoms with E-state index in [9.17, 15) is 16.5 Å². The number of hydrogen-bond donors (Lipinski definition) is 0. The van der Waals surface area contributed by atoms with Crippen LogP contribution in [0.1, 0.15) is 0 Å². The fourth-order valence-electron chi connectivity index (χ4n) is 0.806. The van der Waals surface area contributed by atoms with Crippen LogP contribution in [0.2, 0.25) is 0 Å². The molecule has 0 aliphatic heterocycles. The van der Waals surface area contributed by atoms with Crippen molar-refractivity contribution in [2.24, 2.45) is 3.77 Å². The predicted octanol–water partition coefficient (Wildman–Crippen LogP) is 1.36. The lowest BCUT2D eigenvalue weighted by atomic mass is 10.4. The van der Waals surface area contributed by atoms with Gasteiger partial charge in [-0.2, -0.15) is 0 Å². The predicted molar refractivity (Wildman–Crippen MR) is 51.2 cm³/mol. The van der Waals surface area contributed by atoms with E-state index in [2.05, 4.69) is 3.77 Å². The summed E-state index contributed by atoms with van der Waals surface area (Å²) in [5.74, 6) is 0. The Bertz CT molecular complexity index is 529. The zero-order valence-corrected chi connectivity index (χ0v) is 8.89. The highest BCUT2D eigenvalue weighted by molar-refractivity contribution is 8.00. The van der Waals surface area contributed by atoms with Gasteiger partial charge in [0.25, 0.3) is 10.0 Å². The number of benzene rings is 1. The van der Waals surface area contributed by atoms with Crippen molar-refractivity contribution in [3.05, 3.63) is 30.3 Å². The van der Waals surface area contributed by atoms with Gasteiger partial charge in [-0.25, -0.2) is 12.6 Å². The van der Waals surface area contributed by atoms with Crippen molar-refractivity contribution >= 4 is 20.1 Å². The van der Waals surface area contributed by atoms with E-state index in [0.717, 1.165) is 0 Å². The summed E-state index contributed by atoms with van der Waals surface area (Å²) in [7, 11) is -8.29. The molecule has 0 amide bonds. The van der Waals surface area contributed by atoms with E-state index in [1.807, 2.05) is 0 Å². The normalized spacial score (nSPS) is 15.9. The van der Waals surface area contributed by atoms with Crippen LogP contribution in [0.5, 0.6) is 0 Å². The summed E-state index contributed by atoms with van der Waals surface area (Å²) in [5.41, 5.74) is 0. The average molecular weight is 237 g/mol. The van der Waals surface area contributed by atoms with Gasteiger partial charge in [0, 0.05) is 0 Å². The smallest absolute Gasteiger partial charge is 0.210 e.